The maximum absolute atomic E-state index is 9.24. The van der Waals surface area contributed by atoms with Crippen LogP contribution in [0.15, 0.2) is 24.3 Å². The third-order valence-corrected chi connectivity index (χ3v) is 5.75. The van der Waals surface area contributed by atoms with Crippen LogP contribution in [0.2, 0.25) is 5.15 Å². The van der Waals surface area contributed by atoms with E-state index in [-0.39, 0.29) is 0 Å². The molecule has 0 saturated carbocycles. The van der Waals surface area contributed by atoms with Gasteiger partial charge in [0.15, 0.2) is 5.15 Å². The van der Waals surface area contributed by atoms with E-state index in [2.05, 4.69) is 39.3 Å². The standard InChI is InChI=1S/C17H19ClN4OS/c1-12(13-4-3-5-14(10-13)23-2)21-6-8-22(9-7-21)17-15(11-19)16(18)20-24-17/h3-5,10,12H,6-9H2,1-2H3. The number of hydrogen-bond acceptors (Lipinski definition) is 6. The largest absolute Gasteiger partial charge is 0.497 e. The quantitative estimate of drug-likeness (QED) is 0.832. The van der Waals surface area contributed by atoms with Crippen molar-refractivity contribution in [2.45, 2.75) is 13.0 Å². The van der Waals surface area contributed by atoms with E-state index in [0.29, 0.717) is 16.8 Å². The third kappa shape index (κ3) is 3.34. The average Bonchev–Trinajstić information content (AvgIpc) is 3.01. The van der Waals surface area contributed by atoms with Crippen LogP contribution in [-0.2, 0) is 0 Å². The molecule has 0 spiro atoms. The fraction of sp³-hybridized carbons (Fsp3) is 0.412. The van der Waals surface area contributed by atoms with Crippen molar-refractivity contribution in [1.29, 1.82) is 5.26 Å². The number of ether oxygens (including phenoxy) is 1. The van der Waals surface area contributed by atoms with E-state index in [1.807, 2.05) is 12.1 Å². The lowest BCUT2D eigenvalue weighted by Crippen LogP contribution is -2.47. The minimum Gasteiger partial charge on any atom is -0.497 e. The molecule has 0 radical (unpaired) electrons. The van der Waals surface area contributed by atoms with Gasteiger partial charge in [-0.25, -0.2) is 0 Å². The molecule has 0 aliphatic carbocycles. The van der Waals surface area contributed by atoms with E-state index in [0.717, 1.165) is 36.9 Å². The van der Waals surface area contributed by atoms with Crippen LogP contribution in [0.3, 0.4) is 0 Å². The van der Waals surface area contributed by atoms with Gasteiger partial charge in [-0.1, -0.05) is 23.7 Å². The van der Waals surface area contributed by atoms with Crippen LogP contribution in [0.5, 0.6) is 5.75 Å². The molecule has 24 heavy (non-hydrogen) atoms. The molecule has 1 aliphatic heterocycles. The van der Waals surface area contributed by atoms with E-state index in [1.165, 1.54) is 17.1 Å². The minimum absolute atomic E-state index is 0.310. The maximum Gasteiger partial charge on any atom is 0.162 e. The van der Waals surface area contributed by atoms with Crippen LogP contribution >= 0.6 is 23.1 Å². The molecular weight excluding hydrogens is 344 g/mol. The zero-order chi connectivity index (χ0) is 17.1. The first-order valence-electron chi connectivity index (χ1n) is 7.82. The molecule has 5 nitrogen and oxygen atoms in total. The first-order chi connectivity index (χ1) is 11.6. The van der Waals surface area contributed by atoms with Crippen molar-refractivity contribution >= 4 is 28.1 Å². The van der Waals surface area contributed by atoms with Gasteiger partial charge in [-0.05, 0) is 36.2 Å². The van der Waals surface area contributed by atoms with Gasteiger partial charge in [-0.15, -0.1) is 0 Å². The minimum atomic E-state index is 0.310. The van der Waals surface area contributed by atoms with Gasteiger partial charge >= 0.3 is 0 Å². The van der Waals surface area contributed by atoms with Crippen molar-refractivity contribution in [3.63, 3.8) is 0 Å². The molecule has 0 amide bonds. The Morgan fingerprint density at radius 3 is 2.75 bits per heavy atom. The van der Waals surface area contributed by atoms with E-state index in [1.54, 1.807) is 7.11 Å². The smallest absolute Gasteiger partial charge is 0.162 e. The molecule has 1 aromatic heterocycles. The molecule has 0 N–H and O–H groups in total. The molecule has 2 heterocycles. The van der Waals surface area contributed by atoms with Gasteiger partial charge < -0.3 is 9.64 Å². The van der Waals surface area contributed by atoms with E-state index < -0.39 is 0 Å². The molecule has 126 valence electrons. The Hall–Kier alpha value is -1.81. The van der Waals surface area contributed by atoms with Gasteiger partial charge in [0.25, 0.3) is 0 Å². The second-order valence-electron chi connectivity index (χ2n) is 5.74. The lowest BCUT2D eigenvalue weighted by Gasteiger charge is -2.38. The fourth-order valence-electron chi connectivity index (χ4n) is 3.00. The first-order valence-corrected chi connectivity index (χ1v) is 8.97. The maximum atomic E-state index is 9.24. The van der Waals surface area contributed by atoms with Crippen molar-refractivity contribution in [3.05, 3.63) is 40.5 Å². The fourth-order valence-corrected chi connectivity index (χ4v) is 4.08. The Labute approximate surface area is 151 Å². The lowest BCUT2D eigenvalue weighted by atomic mass is 10.1. The average molecular weight is 363 g/mol. The number of halogens is 1. The molecule has 1 saturated heterocycles. The second kappa shape index (κ2) is 7.39. The van der Waals surface area contributed by atoms with Crippen LogP contribution in [0.25, 0.3) is 0 Å². The lowest BCUT2D eigenvalue weighted by molar-refractivity contribution is 0.198. The van der Waals surface area contributed by atoms with Crippen molar-refractivity contribution in [1.82, 2.24) is 9.27 Å². The van der Waals surface area contributed by atoms with Gasteiger partial charge in [0.2, 0.25) is 0 Å². The summed E-state index contributed by atoms with van der Waals surface area (Å²) in [5.74, 6) is 0.885. The molecule has 1 aliphatic rings. The van der Waals surface area contributed by atoms with Crippen LogP contribution in [0, 0.1) is 11.3 Å². The van der Waals surface area contributed by atoms with Gasteiger partial charge in [-0.3, -0.25) is 4.90 Å². The zero-order valence-corrected chi connectivity index (χ0v) is 15.3. The highest BCUT2D eigenvalue weighted by Crippen LogP contribution is 2.33. The number of hydrogen-bond donors (Lipinski definition) is 0. The van der Waals surface area contributed by atoms with Gasteiger partial charge in [-0.2, -0.15) is 9.64 Å². The Morgan fingerprint density at radius 2 is 2.08 bits per heavy atom. The van der Waals surface area contributed by atoms with Gasteiger partial charge in [0.05, 0.1) is 7.11 Å². The molecular formula is C17H19ClN4OS. The monoisotopic (exact) mass is 362 g/mol. The number of aromatic nitrogens is 1. The molecule has 1 fully saturated rings. The van der Waals surface area contributed by atoms with E-state index in [4.69, 9.17) is 16.3 Å². The number of rotatable bonds is 4. The predicted octanol–water partition coefficient (Wildman–Crippen LogP) is 3.56. The highest BCUT2D eigenvalue weighted by molar-refractivity contribution is 7.10. The Bertz CT molecular complexity index is 749. The molecule has 2 aromatic rings. The van der Waals surface area contributed by atoms with Crippen molar-refractivity contribution in [3.8, 4) is 11.8 Å². The molecule has 0 bridgehead atoms. The number of nitrogens with zero attached hydrogens (tertiary/aromatic N) is 4. The summed E-state index contributed by atoms with van der Waals surface area (Å²) in [6.45, 7) is 5.80. The number of nitriles is 1. The Kier molecular flexibility index (Phi) is 5.24. The van der Waals surface area contributed by atoms with Crippen molar-refractivity contribution < 1.29 is 4.74 Å². The SMILES string of the molecule is COc1cccc(C(C)N2CCN(c3snc(Cl)c3C#N)CC2)c1. The summed E-state index contributed by atoms with van der Waals surface area (Å²) in [7, 11) is 1.69. The highest BCUT2D eigenvalue weighted by Gasteiger charge is 2.25. The Balaban J connectivity index is 1.67. The molecule has 1 atom stereocenters. The Morgan fingerprint density at radius 1 is 1.33 bits per heavy atom. The zero-order valence-electron chi connectivity index (χ0n) is 13.7. The molecule has 3 rings (SSSR count). The summed E-state index contributed by atoms with van der Waals surface area (Å²) in [4.78, 5) is 4.65. The number of piperazine rings is 1. The molecule has 1 unspecified atom stereocenters. The predicted molar refractivity (Wildman–Crippen MR) is 97.0 cm³/mol. The number of benzene rings is 1. The first kappa shape index (κ1) is 17.0. The van der Waals surface area contributed by atoms with Crippen molar-refractivity contribution in [2.24, 2.45) is 0 Å². The highest BCUT2D eigenvalue weighted by atomic mass is 35.5. The number of methoxy groups -OCH3 is 1. The topological polar surface area (TPSA) is 52.4 Å². The normalized spacial score (nSPS) is 16.7. The summed E-state index contributed by atoms with van der Waals surface area (Å²) in [5, 5.41) is 10.4. The number of anilines is 1. The van der Waals surface area contributed by atoms with E-state index >= 15 is 0 Å². The second-order valence-corrected chi connectivity index (χ2v) is 6.85. The van der Waals surface area contributed by atoms with Gasteiger partial charge in [0.1, 0.15) is 22.4 Å². The summed E-state index contributed by atoms with van der Waals surface area (Å²) in [6, 6.07) is 10.7. The summed E-state index contributed by atoms with van der Waals surface area (Å²) < 4.78 is 9.42. The third-order valence-electron chi connectivity index (χ3n) is 4.47. The van der Waals surface area contributed by atoms with Crippen LogP contribution < -0.4 is 9.64 Å². The van der Waals surface area contributed by atoms with Crippen LogP contribution in [0.1, 0.15) is 24.1 Å². The van der Waals surface area contributed by atoms with E-state index in [9.17, 15) is 5.26 Å². The molecule has 1 aromatic carbocycles. The summed E-state index contributed by atoms with van der Waals surface area (Å²) in [5.41, 5.74) is 1.75. The van der Waals surface area contributed by atoms with Crippen molar-refractivity contribution in [2.75, 3.05) is 38.2 Å². The van der Waals surface area contributed by atoms with Crippen LogP contribution in [0.4, 0.5) is 5.00 Å². The summed E-state index contributed by atoms with van der Waals surface area (Å²) >= 11 is 7.28. The summed E-state index contributed by atoms with van der Waals surface area (Å²) in [6.07, 6.45) is 0. The molecule has 7 heteroatoms. The van der Waals surface area contributed by atoms with Gasteiger partial charge in [0, 0.05) is 32.2 Å². The van der Waals surface area contributed by atoms with Crippen LogP contribution in [-0.4, -0.2) is 42.6 Å².